The van der Waals surface area contributed by atoms with Gasteiger partial charge in [-0.15, -0.1) is 0 Å². The maximum atomic E-state index is 12.1. The van der Waals surface area contributed by atoms with Crippen molar-refractivity contribution in [2.45, 2.75) is 13.5 Å². The summed E-state index contributed by atoms with van der Waals surface area (Å²) >= 11 is 0. The minimum absolute atomic E-state index is 0.0778. The predicted molar refractivity (Wildman–Crippen MR) is 82.1 cm³/mol. The number of nitrogens with zero attached hydrogens (tertiary/aromatic N) is 3. The van der Waals surface area contributed by atoms with Crippen molar-refractivity contribution in [1.29, 1.82) is 0 Å². The van der Waals surface area contributed by atoms with Crippen LogP contribution in [0.5, 0.6) is 0 Å². The van der Waals surface area contributed by atoms with E-state index in [1.807, 2.05) is 19.1 Å². The molecule has 0 saturated heterocycles. The Kier molecular flexibility index (Phi) is 3.76. The van der Waals surface area contributed by atoms with Crippen molar-refractivity contribution >= 4 is 17.3 Å². The van der Waals surface area contributed by atoms with Gasteiger partial charge >= 0.3 is 5.97 Å². The van der Waals surface area contributed by atoms with Crippen molar-refractivity contribution in [1.82, 2.24) is 9.38 Å². The number of ether oxygens (including phenoxy) is 1. The van der Waals surface area contributed by atoms with E-state index in [0.717, 1.165) is 5.56 Å². The molecule has 0 aliphatic heterocycles. The molecule has 1 aromatic carbocycles. The summed E-state index contributed by atoms with van der Waals surface area (Å²) in [6.07, 6.45) is 3.37. The molecule has 0 spiro atoms. The molecular weight excluding hydrogens is 298 g/mol. The van der Waals surface area contributed by atoms with Crippen LogP contribution in [0.25, 0.3) is 5.65 Å². The van der Waals surface area contributed by atoms with Crippen LogP contribution in [0.1, 0.15) is 21.6 Å². The number of imidazole rings is 1. The van der Waals surface area contributed by atoms with Gasteiger partial charge in [-0.3, -0.25) is 10.1 Å². The Labute approximate surface area is 131 Å². The zero-order chi connectivity index (χ0) is 16.4. The number of pyridine rings is 1. The van der Waals surface area contributed by atoms with Gasteiger partial charge in [-0.25, -0.2) is 9.78 Å². The van der Waals surface area contributed by atoms with Crippen molar-refractivity contribution in [3.63, 3.8) is 0 Å². The van der Waals surface area contributed by atoms with Gasteiger partial charge in [0.15, 0.2) is 5.69 Å². The van der Waals surface area contributed by atoms with Crippen LogP contribution >= 0.6 is 0 Å². The zero-order valence-electron chi connectivity index (χ0n) is 12.3. The SMILES string of the molecule is Cc1ccn2cc(C(=O)OCc3ccccc3[N+](=O)[O-])nc2c1. The fourth-order valence-electron chi connectivity index (χ4n) is 2.21. The van der Waals surface area contributed by atoms with E-state index >= 15 is 0 Å². The van der Waals surface area contributed by atoms with E-state index in [1.165, 1.54) is 6.07 Å². The summed E-state index contributed by atoms with van der Waals surface area (Å²) in [7, 11) is 0. The lowest BCUT2D eigenvalue weighted by molar-refractivity contribution is -0.385. The second-order valence-electron chi connectivity index (χ2n) is 5.06. The molecule has 3 rings (SSSR count). The number of carbonyl (C=O) groups is 1. The first-order valence-corrected chi connectivity index (χ1v) is 6.89. The smallest absolute Gasteiger partial charge is 0.358 e. The molecule has 0 fully saturated rings. The maximum absolute atomic E-state index is 12.1. The molecule has 0 aliphatic rings. The Morgan fingerprint density at radius 3 is 2.91 bits per heavy atom. The van der Waals surface area contributed by atoms with Gasteiger partial charge in [0.25, 0.3) is 5.69 Å². The molecule has 2 heterocycles. The van der Waals surface area contributed by atoms with E-state index < -0.39 is 10.9 Å². The standard InChI is InChI=1S/C16H13N3O4/c1-11-6-7-18-9-13(17-15(18)8-11)16(20)23-10-12-4-2-3-5-14(12)19(21)22/h2-9H,10H2,1H3. The first kappa shape index (κ1) is 14.7. The number of hydrogen-bond donors (Lipinski definition) is 0. The van der Waals surface area contributed by atoms with Crippen LogP contribution in [0.3, 0.4) is 0 Å². The lowest BCUT2D eigenvalue weighted by atomic mass is 10.2. The van der Waals surface area contributed by atoms with Gasteiger partial charge in [-0.05, 0) is 30.7 Å². The summed E-state index contributed by atoms with van der Waals surface area (Å²) < 4.78 is 6.86. The van der Waals surface area contributed by atoms with Crippen LogP contribution in [0.4, 0.5) is 5.69 Å². The normalized spacial score (nSPS) is 10.7. The molecule has 0 atom stereocenters. The fraction of sp³-hybridized carbons (Fsp3) is 0.125. The predicted octanol–water partition coefficient (Wildman–Crippen LogP) is 2.91. The molecule has 23 heavy (non-hydrogen) atoms. The van der Waals surface area contributed by atoms with Gasteiger partial charge in [0, 0.05) is 18.5 Å². The highest BCUT2D eigenvalue weighted by Crippen LogP contribution is 2.19. The summed E-state index contributed by atoms with van der Waals surface area (Å²) in [6.45, 7) is 1.75. The quantitative estimate of drug-likeness (QED) is 0.420. The van der Waals surface area contributed by atoms with Gasteiger partial charge in [-0.2, -0.15) is 0 Å². The van der Waals surface area contributed by atoms with Crippen LogP contribution in [-0.4, -0.2) is 20.3 Å². The van der Waals surface area contributed by atoms with E-state index in [-0.39, 0.29) is 18.0 Å². The number of carbonyl (C=O) groups excluding carboxylic acids is 1. The third-order valence-electron chi connectivity index (χ3n) is 3.37. The molecule has 0 unspecified atom stereocenters. The first-order valence-electron chi connectivity index (χ1n) is 6.89. The van der Waals surface area contributed by atoms with Crippen LogP contribution in [0.2, 0.25) is 0 Å². The van der Waals surface area contributed by atoms with Gasteiger partial charge < -0.3 is 9.14 Å². The summed E-state index contributed by atoms with van der Waals surface area (Å²) in [4.78, 5) is 26.7. The monoisotopic (exact) mass is 311 g/mol. The number of esters is 1. The van der Waals surface area contributed by atoms with E-state index in [0.29, 0.717) is 11.2 Å². The van der Waals surface area contributed by atoms with Crippen LogP contribution in [0, 0.1) is 17.0 Å². The highest BCUT2D eigenvalue weighted by Gasteiger charge is 2.16. The van der Waals surface area contributed by atoms with E-state index in [4.69, 9.17) is 4.74 Å². The van der Waals surface area contributed by atoms with Crippen molar-refractivity contribution in [2.24, 2.45) is 0 Å². The first-order chi connectivity index (χ1) is 11.0. The zero-order valence-corrected chi connectivity index (χ0v) is 12.3. The Bertz CT molecular complexity index is 901. The minimum atomic E-state index is -0.621. The molecule has 7 nitrogen and oxygen atoms in total. The average Bonchev–Trinajstić information content (AvgIpc) is 2.95. The third kappa shape index (κ3) is 3.03. The summed E-state index contributed by atoms with van der Waals surface area (Å²) in [5, 5.41) is 10.9. The number of fused-ring (bicyclic) bond motifs is 1. The Hall–Kier alpha value is -3.22. The molecule has 0 aliphatic carbocycles. The second-order valence-corrected chi connectivity index (χ2v) is 5.06. The van der Waals surface area contributed by atoms with Gasteiger partial charge in [-0.1, -0.05) is 12.1 Å². The highest BCUT2D eigenvalue weighted by atomic mass is 16.6. The van der Waals surface area contributed by atoms with Gasteiger partial charge in [0.2, 0.25) is 0 Å². The number of nitro benzene ring substituents is 1. The van der Waals surface area contributed by atoms with E-state index in [1.54, 1.807) is 35.0 Å². The molecular formula is C16H13N3O4. The number of aromatic nitrogens is 2. The molecule has 2 aromatic heterocycles. The second kappa shape index (κ2) is 5.88. The van der Waals surface area contributed by atoms with Gasteiger partial charge in [0.05, 0.1) is 10.5 Å². The Balaban J connectivity index is 1.77. The van der Waals surface area contributed by atoms with Crippen molar-refractivity contribution in [3.8, 4) is 0 Å². The third-order valence-corrected chi connectivity index (χ3v) is 3.37. The summed E-state index contributed by atoms with van der Waals surface area (Å²) in [5.41, 5.74) is 2.09. The van der Waals surface area contributed by atoms with Crippen molar-refractivity contribution in [3.05, 3.63) is 75.7 Å². The minimum Gasteiger partial charge on any atom is -0.456 e. The van der Waals surface area contributed by atoms with E-state index in [9.17, 15) is 14.9 Å². The molecule has 3 aromatic rings. The number of rotatable bonds is 4. The number of aryl methyl sites for hydroxylation is 1. The van der Waals surface area contributed by atoms with Crippen molar-refractivity contribution in [2.75, 3.05) is 0 Å². The van der Waals surface area contributed by atoms with Crippen LogP contribution in [-0.2, 0) is 11.3 Å². The number of para-hydroxylation sites is 1. The molecule has 7 heteroatoms. The van der Waals surface area contributed by atoms with Crippen LogP contribution in [0.15, 0.2) is 48.8 Å². The lowest BCUT2D eigenvalue weighted by Gasteiger charge is -2.03. The number of hydrogen-bond acceptors (Lipinski definition) is 5. The van der Waals surface area contributed by atoms with Crippen LogP contribution < -0.4 is 0 Å². The Morgan fingerprint density at radius 1 is 1.35 bits per heavy atom. The molecule has 0 N–H and O–H groups in total. The van der Waals surface area contributed by atoms with Gasteiger partial charge in [0.1, 0.15) is 12.3 Å². The topological polar surface area (TPSA) is 86.7 Å². The lowest BCUT2D eigenvalue weighted by Crippen LogP contribution is -2.07. The Morgan fingerprint density at radius 2 is 2.13 bits per heavy atom. The maximum Gasteiger partial charge on any atom is 0.358 e. The van der Waals surface area contributed by atoms with Crippen molar-refractivity contribution < 1.29 is 14.5 Å². The fourth-order valence-corrected chi connectivity index (χ4v) is 2.21. The van der Waals surface area contributed by atoms with E-state index in [2.05, 4.69) is 4.98 Å². The average molecular weight is 311 g/mol. The summed E-state index contributed by atoms with van der Waals surface area (Å²) in [5.74, 6) is -0.621. The molecule has 0 bridgehead atoms. The molecule has 0 saturated carbocycles. The molecule has 0 amide bonds. The number of benzene rings is 1. The highest BCUT2D eigenvalue weighted by molar-refractivity contribution is 5.88. The number of nitro groups is 1. The molecule has 116 valence electrons. The summed E-state index contributed by atoms with van der Waals surface area (Å²) in [6, 6.07) is 9.89. The largest absolute Gasteiger partial charge is 0.456 e. The molecule has 0 radical (unpaired) electrons.